The molecule has 0 saturated carbocycles. The maximum Gasteiger partial charge on any atom is 0.276 e. The van der Waals surface area contributed by atoms with E-state index in [0.717, 1.165) is 34.6 Å². The van der Waals surface area contributed by atoms with Crippen LogP contribution in [0.3, 0.4) is 0 Å². The van der Waals surface area contributed by atoms with Crippen LogP contribution in [-0.4, -0.2) is 4.92 Å². The summed E-state index contributed by atoms with van der Waals surface area (Å²) in [6, 6.07) is 17.4. The monoisotopic (exact) mass is 435 g/mol. The molecule has 33 heavy (non-hydrogen) atoms. The third-order valence-electron chi connectivity index (χ3n) is 6.50. The lowest BCUT2D eigenvalue weighted by Gasteiger charge is -2.14. The number of para-hydroxylation sites is 1. The van der Waals surface area contributed by atoms with Crippen molar-refractivity contribution in [2.24, 2.45) is 0 Å². The van der Waals surface area contributed by atoms with Crippen LogP contribution in [-0.2, 0) is 4.74 Å². The minimum atomic E-state index is -0.312. The van der Waals surface area contributed by atoms with E-state index in [9.17, 15) is 10.1 Å². The van der Waals surface area contributed by atoms with Crippen molar-refractivity contribution in [3.63, 3.8) is 0 Å². The Hall–Kier alpha value is -3.96. The van der Waals surface area contributed by atoms with Gasteiger partial charge in [0.25, 0.3) is 5.69 Å². The minimum Gasteiger partial charge on any atom is -0.464 e. The summed E-state index contributed by atoms with van der Waals surface area (Å²) in [4.78, 5) is 11.0. The van der Waals surface area contributed by atoms with Gasteiger partial charge in [-0.05, 0) is 57.8 Å². The van der Waals surface area contributed by atoms with Crippen molar-refractivity contribution < 1.29 is 14.4 Å². The number of hydrogen-bond donors (Lipinski definition) is 0. The number of hydrogen-bond acceptors (Lipinski definition) is 4. The molecule has 4 aliphatic rings. The van der Waals surface area contributed by atoms with Gasteiger partial charge in [0.2, 0.25) is 0 Å². The molecule has 0 radical (unpaired) electrons. The molecule has 2 unspecified atom stereocenters. The Balaban J connectivity index is 0.000000158. The molecule has 0 aromatic heterocycles. The van der Waals surface area contributed by atoms with Crippen molar-refractivity contribution in [2.75, 3.05) is 0 Å². The summed E-state index contributed by atoms with van der Waals surface area (Å²) in [6.07, 6.45) is 13.7. The maximum absolute atomic E-state index is 11.3. The van der Waals surface area contributed by atoms with E-state index < -0.39 is 0 Å². The molecule has 7 rings (SSSR count). The third-order valence-corrected chi connectivity index (χ3v) is 6.50. The van der Waals surface area contributed by atoms with Gasteiger partial charge in [-0.2, -0.15) is 0 Å². The number of rotatable bonds is 1. The van der Waals surface area contributed by atoms with E-state index >= 15 is 0 Å². The van der Waals surface area contributed by atoms with Crippen LogP contribution in [0.25, 0.3) is 18.2 Å². The van der Waals surface area contributed by atoms with Crippen LogP contribution in [0.5, 0.6) is 5.75 Å². The SMILES string of the molecule is C1=COc2ccccc2C=C1.O=[N+]([O-])c1cccc2c1=CC1OC3CCC=c4ccc=2c1c43. The molecule has 0 fully saturated rings. The predicted octanol–water partition coefficient (Wildman–Crippen LogP) is 4.97. The summed E-state index contributed by atoms with van der Waals surface area (Å²) in [5.74, 6) is 0.914. The first-order chi connectivity index (χ1) is 16.2. The second kappa shape index (κ2) is 7.87. The fraction of sp³-hybridized carbons (Fsp3) is 0.143. The Bertz CT molecular complexity index is 1570. The van der Waals surface area contributed by atoms with Crippen molar-refractivity contribution in [3.05, 3.63) is 121 Å². The zero-order valence-corrected chi connectivity index (χ0v) is 17.8. The fourth-order valence-electron chi connectivity index (χ4n) is 5.09. The number of fused-ring (bicyclic) bond motifs is 2. The van der Waals surface area contributed by atoms with Crippen LogP contribution in [0.15, 0.2) is 73.0 Å². The van der Waals surface area contributed by atoms with Crippen molar-refractivity contribution in [1.29, 1.82) is 0 Å². The average molecular weight is 435 g/mol. The molecule has 2 aliphatic carbocycles. The highest BCUT2D eigenvalue weighted by atomic mass is 16.6. The van der Waals surface area contributed by atoms with Gasteiger partial charge in [0, 0.05) is 11.6 Å². The molecule has 162 valence electrons. The van der Waals surface area contributed by atoms with Crippen LogP contribution in [0.1, 0.15) is 41.7 Å². The van der Waals surface area contributed by atoms with Crippen molar-refractivity contribution in [1.82, 2.24) is 0 Å². The number of nitro benzene ring substituents is 1. The molecule has 0 N–H and O–H groups in total. The van der Waals surface area contributed by atoms with Gasteiger partial charge in [-0.1, -0.05) is 60.7 Å². The second-order valence-corrected chi connectivity index (χ2v) is 8.36. The highest BCUT2D eigenvalue weighted by Gasteiger charge is 2.35. The average Bonchev–Trinajstić information content (AvgIpc) is 3.05. The number of ether oxygens (including phenoxy) is 2. The zero-order valence-electron chi connectivity index (χ0n) is 17.8. The van der Waals surface area contributed by atoms with Crippen LogP contribution < -0.4 is 15.2 Å². The van der Waals surface area contributed by atoms with E-state index in [4.69, 9.17) is 9.47 Å². The Morgan fingerprint density at radius 2 is 1.85 bits per heavy atom. The van der Waals surface area contributed by atoms with Crippen molar-refractivity contribution in [3.8, 4) is 5.75 Å². The summed E-state index contributed by atoms with van der Waals surface area (Å²) >= 11 is 0. The van der Waals surface area contributed by atoms with Gasteiger partial charge >= 0.3 is 0 Å². The molecule has 2 aliphatic heterocycles. The smallest absolute Gasteiger partial charge is 0.276 e. The Kier molecular flexibility index (Phi) is 4.70. The van der Waals surface area contributed by atoms with Gasteiger partial charge < -0.3 is 9.47 Å². The van der Waals surface area contributed by atoms with E-state index in [1.54, 1.807) is 18.4 Å². The Morgan fingerprint density at radius 1 is 0.939 bits per heavy atom. The fourth-order valence-corrected chi connectivity index (χ4v) is 5.09. The first-order valence-electron chi connectivity index (χ1n) is 11.1. The Labute approximate surface area is 190 Å². The second-order valence-electron chi connectivity index (χ2n) is 8.36. The number of nitrogens with zero attached hydrogens (tertiary/aromatic N) is 1. The van der Waals surface area contributed by atoms with Crippen molar-refractivity contribution >= 4 is 23.9 Å². The van der Waals surface area contributed by atoms with Gasteiger partial charge in [0.1, 0.15) is 11.9 Å². The topological polar surface area (TPSA) is 61.6 Å². The molecule has 0 saturated heterocycles. The highest BCUT2D eigenvalue weighted by Crippen LogP contribution is 2.43. The molecule has 3 aromatic carbocycles. The first kappa shape index (κ1) is 19.7. The zero-order chi connectivity index (χ0) is 22.4. The van der Waals surface area contributed by atoms with E-state index in [-0.39, 0.29) is 22.8 Å². The van der Waals surface area contributed by atoms with Gasteiger partial charge in [-0.3, -0.25) is 10.1 Å². The number of nitro groups is 1. The van der Waals surface area contributed by atoms with Crippen LogP contribution >= 0.6 is 0 Å². The number of non-ortho nitro benzene ring substituents is 1. The molecular formula is C28H21NO4. The third kappa shape index (κ3) is 3.29. The van der Waals surface area contributed by atoms with Crippen LogP contribution in [0, 0.1) is 20.6 Å². The van der Waals surface area contributed by atoms with Crippen molar-refractivity contribution in [2.45, 2.75) is 25.0 Å². The lowest BCUT2D eigenvalue weighted by atomic mass is 9.89. The summed E-state index contributed by atoms with van der Waals surface area (Å²) in [6.45, 7) is 0. The van der Waals surface area contributed by atoms with E-state index in [0.29, 0.717) is 5.22 Å². The minimum absolute atomic E-state index is 0.129. The van der Waals surface area contributed by atoms with E-state index in [2.05, 4.69) is 18.2 Å². The molecule has 5 heteroatoms. The van der Waals surface area contributed by atoms with Gasteiger partial charge in [0.05, 0.1) is 22.5 Å². The summed E-state index contributed by atoms with van der Waals surface area (Å²) in [7, 11) is 0. The number of benzene rings is 3. The lowest BCUT2D eigenvalue weighted by molar-refractivity contribution is -0.386. The first-order valence-corrected chi connectivity index (χ1v) is 11.1. The summed E-state index contributed by atoms with van der Waals surface area (Å²) in [5, 5.41) is 15.3. The summed E-state index contributed by atoms with van der Waals surface area (Å²) in [5.41, 5.74) is 3.79. The van der Waals surface area contributed by atoms with Crippen LogP contribution in [0.2, 0.25) is 0 Å². The van der Waals surface area contributed by atoms with Gasteiger partial charge in [-0.25, -0.2) is 0 Å². The maximum atomic E-state index is 11.3. The molecule has 0 amide bonds. The molecule has 2 atom stereocenters. The largest absolute Gasteiger partial charge is 0.464 e. The normalized spacial score (nSPS) is 19.9. The Morgan fingerprint density at radius 3 is 2.76 bits per heavy atom. The molecule has 0 spiro atoms. The molecular weight excluding hydrogens is 414 g/mol. The molecule has 5 nitrogen and oxygen atoms in total. The van der Waals surface area contributed by atoms with Gasteiger partial charge in [0.15, 0.2) is 0 Å². The van der Waals surface area contributed by atoms with Gasteiger partial charge in [-0.15, -0.1) is 0 Å². The van der Waals surface area contributed by atoms with Crippen LogP contribution in [0.4, 0.5) is 5.69 Å². The predicted molar refractivity (Wildman–Crippen MR) is 126 cm³/mol. The lowest BCUT2D eigenvalue weighted by Crippen LogP contribution is -2.19. The highest BCUT2D eigenvalue weighted by molar-refractivity contribution is 5.59. The molecule has 3 aromatic rings. The quantitative estimate of drug-likeness (QED) is 0.400. The number of allylic oxidation sites excluding steroid dienone is 2. The summed E-state index contributed by atoms with van der Waals surface area (Å²) < 4.78 is 11.5. The standard InChI is InChI=1S/C18H13NO3.C10H8O/c20-19(21)14-5-2-4-11-12-8-7-10-3-1-6-15-17(10)18(12)16(22-15)9-13(11)14;1-2-7-10-9(5-1)6-3-4-8-11-10/h2-5,7-9,15-16H,1,6H2;1-8H. The molecule has 2 heterocycles. The molecule has 0 bridgehead atoms. The van der Waals surface area contributed by atoms with E-state index in [1.807, 2.05) is 54.6 Å². The van der Waals surface area contributed by atoms with E-state index in [1.165, 1.54) is 16.3 Å².